The predicted molar refractivity (Wildman–Crippen MR) is 75.5 cm³/mol. The molecule has 0 aromatic heterocycles. The Balaban J connectivity index is 2.68. The van der Waals surface area contributed by atoms with Gasteiger partial charge in [0.2, 0.25) is 0 Å². The Labute approximate surface area is 110 Å². The molecular weight excluding hydrogens is 252 g/mol. The molecule has 0 aliphatic carbocycles. The maximum absolute atomic E-state index is 2.43. The van der Waals surface area contributed by atoms with Crippen LogP contribution in [0.1, 0.15) is 53.4 Å². The van der Waals surface area contributed by atoms with Crippen molar-refractivity contribution in [3.05, 3.63) is 0 Å². The molecule has 0 aromatic carbocycles. The number of hydrogen-bond acceptors (Lipinski definition) is 0. The standard InChI is InChI=1S/C14H30N.Ga.H/c1-7-9-11-15(13(3)4,14(5)6)12-10-8-2;;/h13-14H,1-2,7-12H2,3-6H3;;/q+1;;. The van der Waals surface area contributed by atoms with Crippen LogP contribution in [0.25, 0.3) is 0 Å². The summed E-state index contributed by atoms with van der Waals surface area (Å²) in [6.07, 6.45) is 6.06. The molecular formula is C14H31GaN+. The van der Waals surface area contributed by atoms with Crippen LogP contribution in [0.4, 0.5) is 0 Å². The summed E-state index contributed by atoms with van der Waals surface area (Å²) in [5.41, 5.74) is 0. The molecule has 94 valence electrons. The summed E-state index contributed by atoms with van der Waals surface area (Å²) in [7, 11) is 0. The quantitative estimate of drug-likeness (QED) is 0.538. The number of rotatable bonds is 2. The van der Waals surface area contributed by atoms with Crippen LogP contribution in [0, 0.1) is 0 Å². The summed E-state index contributed by atoms with van der Waals surface area (Å²) in [5, 5.41) is 0. The topological polar surface area (TPSA) is 0 Å². The Kier molecular flexibility index (Phi) is 6.53. The number of hydrogen-bond donors (Lipinski definition) is 0. The van der Waals surface area contributed by atoms with Gasteiger partial charge in [0.05, 0.1) is 0 Å². The van der Waals surface area contributed by atoms with E-state index in [1.165, 1.54) is 30.4 Å². The molecule has 0 unspecified atom stereocenters. The second-order valence-corrected chi connectivity index (χ2v) is 10.7. The molecule has 1 nitrogen and oxygen atoms in total. The van der Waals surface area contributed by atoms with E-state index in [1.54, 1.807) is 22.8 Å². The third-order valence-corrected chi connectivity index (χ3v) is 8.90. The fourth-order valence-electron chi connectivity index (χ4n) is 3.44. The summed E-state index contributed by atoms with van der Waals surface area (Å²) in [6.45, 7) is 12.6. The van der Waals surface area contributed by atoms with E-state index in [-0.39, 0.29) is 17.4 Å². The van der Waals surface area contributed by atoms with Crippen LogP contribution in [-0.4, -0.2) is 47.1 Å². The zero-order chi connectivity index (χ0) is 12.0. The van der Waals surface area contributed by atoms with Crippen molar-refractivity contribution in [2.24, 2.45) is 0 Å². The van der Waals surface area contributed by atoms with Crippen LogP contribution in [0.5, 0.6) is 0 Å². The number of quaternary nitrogens is 1. The predicted octanol–water partition coefficient (Wildman–Crippen LogP) is 3.47. The molecule has 0 atom stereocenters. The first kappa shape index (κ1) is 14.7. The van der Waals surface area contributed by atoms with Crippen LogP contribution in [-0.2, 0) is 0 Å². The van der Waals surface area contributed by atoms with E-state index in [1.807, 2.05) is 0 Å². The fraction of sp³-hybridized carbons (Fsp3) is 1.00. The average molecular weight is 283 g/mol. The van der Waals surface area contributed by atoms with Crippen molar-refractivity contribution in [3.8, 4) is 0 Å². The Hall–Kier alpha value is 0.596. The van der Waals surface area contributed by atoms with Gasteiger partial charge in [-0.2, -0.15) is 0 Å². The van der Waals surface area contributed by atoms with Gasteiger partial charge in [0.25, 0.3) is 0 Å². The second-order valence-electron chi connectivity index (χ2n) is 6.21. The molecule has 0 spiro atoms. The molecule has 1 rings (SSSR count). The molecule has 0 bridgehead atoms. The summed E-state index contributed by atoms with van der Waals surface area (Å²) in [4.78, 5) is 3.31. The summed E-state index contributed by atoms with van der Waals surface area (Å²) in [6, 6.07) is 1.61. The van der Waals surface area contributed by atoms with Gasteiger partial charge in [-0.25, -0.2) is 0 Å². The molecule has 1 aliphatic heterocycles. The summed E-state index contributed by atoms with van der Waals surface area (Å²) >= 11 is -0.0682. The van der Waals surface area contributed by atoms with E-state index in [9.17, 15) is 0 Å². The van der Waals surface area contributed by atoms with Crippen LogP contribution in [0.15, 0.2) is 0 Å². The molecule has 2 heteroatoms. The van der Waals surface area contributed by atoms with Gasteiger partial charge < -0.3 is 0 Å². The zero-order valence-corrected chi connectivity index (χ0v) is 14.9. The molecule has 1 heterocycles. The fourth-order valence-corrected chi connectivity index (χ4v) is 7.15. The minimum absolute atomic E-state index is 0.0682. The molecule has 1 saturated heterocycles. The van der Waals surface area contributed by atoms with Gasteiger partial charge in [-0.15, -0.1) is 0 Å². The van der Waals surface area contributed by atoms with Gasteiger partial charge in [-0.1, -0.05) is 0 Å². The summed E-state index contributed by atoms with van der Waals surface area (Å²) < 4.78 is 1.38. The normalized spacial score (nSPS) is 23.1. The first-order chi connectivity index (χ1) is 7.59. The maximum atomic E-state index is 2.43. The molecule has 0 aromatic rings. The third kappa shape index (κ3) is 3.81. The van der Waals surface area contributed by atoms with Gasteiger partial charge in [-0.05, 0) is 0 Å². The van der Waals surface area contributed by atoms with Gasteiger partial charge in [0.15, 0.2) is 0 Å². The first-order valence-corrected chi connectivity index (χ1v) is 11.7. The van der Waals surface area contributed by atoms with Crippen molar-refractivity contribution in [1.82, 2.24) is 0 Å². The van der Waals surface area contributed by atoms with Crippen molar-refractivity contribution >= 4 is 17.4 Å². The Morgan fingerprint density at radius 1 is 0.750 bits per heavy atom. The van der Waals surface area contributed by atoms with Crippen molar-refractivity contribution in [2.75, 3.05) is 13.1 Å². The van der Waals surface area contributed by atoms with E-state index >= 15 is 0 Å². The SMILES string of the molecule is CC(C)[N+]1(C(C)C)CCC[CH2][GaH][CH2]CCC1. The van der Waals surface area contributed by atoms with E-state index < -0.39 is 0 Å². The van der Waals surface area contributed by atoms with Gasteiger partial charge in [0, 0.05) is 0 Å². The van der Waals surface area contributed by atoms with Crippen molar-refractivity contribution in [3.63, 3.8) is 0 Å². The van der Waals surface area contributed by atoms with Crippen LogP contribution in [0.2, 0.25) is 9.95 Å². The number of nitrogens with zero attached hydrogens (tertiary/aromatic N) is 1. The molecule has 0 radical (unpaired) electrons. The van der Waals surface area contributed by atoms with E-state index in [0.717, 1.165) is 12.1 Å². The van der Waals surface area contributed by atoms with Crippen molar-refractivity contribution in [2.45, 2.75) is 75.4 Å². The minimum atomic E-state index is -0.0682. The van der Waals surface area contributed by atoms with Gasteiger partial charge in [0.1, 0.15) is 0 Å². The van der Waals surface area contributed by atoms with E-state index in [2.05, 4.69) is 27.7 Å². The first-order valence-electron chi connectivity index (χ1n) is 7.46. The Morgan fingerprint density at radius 2 is 1.19 bits per heavy atom. The Morgan fingerprint density at radius 3 is 1.56 bits per heavy atom. The van der Waals surface area contributed by atoms with Crippen LogP contribution < -0.4 is 0 Å². The molecule has 1 aliphatic rings. The zero-order valence-electron chi connectivity index (χ0n) is 12.0. The van der Waals surface area contributed by atoms with Gasteiger partial charge >= 0.3 is 110 Å². The van der Waals surface area contributed by atoms with Gasteiger partial charge in [-0.3, -0.25) is 0 Å². The monoisotopic (exact) mass is 282 g/mol. The van der Waals surface area contributed by atoms with Crippen LogP contribution >= 0.6 is 0 Å². The molecule has 1 fully saturated rings. The average Bonchev–Trinajstić information content (AvgIpc) is 2.24. The summed E-state index contributed by atoms with van der Waals surface area (Å²) in [5.74, 6) is 0. The third-order valence-electron chi connectivity index (χ3n) is 4.71. The molecule has 0 saturated carbocycles. The van der Waals surface area contributed by atoms with E-state index in [4.69, 9.17) is 0 Å². The van der Waals surface area contributed by atoms with Crippen molar-refractivity contribution < 1.29 is 4.48 Å². The second kappa shape index (κ2) is 7.12. The van der Waals surface area contributed by atoms with E-state index in [0.29, 0.717) is 0 Å². The molecule has 0 N–H and O–H groups in total. The van der Waals surface area contributed by atoms with Crippen LogP contribution in [0.3, 0.4) is 0 Å². The molecule has 16 heavy (non-hydrogen) atoms. The Bertz CT molecular complexity index is 169. The van der Waals surface area contributed by atoms with Crippen molar-refractivity contribution in [1.29, 1.82) is 0 Å². The molecule has 0 amide bonds.